The molecule has 0 amide bonds. The van der Waals surface area contributed by atoms with Crippen LogP contribution in [0.4, 0.5) is 0 Å². The number of aromatic nitrogens is 1. The van der Waals surface area contributed by atoms with Crippen LogP contribution in [0.15, 0.2) is 70.6 Å². The molecule has 5 nitrogen and oxygen atoms in total. The van der Waals surface area contributed by atoms with E-state index in [0.717, 1.165) is 35.3 Å². The Hall–Kier alpha value is -2.44. The summed E-state index contributed by atoms with van der Waals surface area (Å²) in [6.45, 7) is 2.05. The molecule has 0 spiro atoms. The molecule has 2 atom stereocenters. The van der Waals surface area contributed by atoms with Gasteiger partial charge in [0.15, 0.2) is 9.84 Å². The Balaban J connectivity index is 1.49. The van der Waals surface area contributed by atoms with Crippen molar-refractivity contribution >= 4 is 9.84 Å². The van der Waals surface area contributed by atoms with Crippen molar-refractivity contribution in [3.8, 4) is 11.1 Å². The van der Waals surface area contributed by atoms with Gasteiger partial charge in [0.05, 0.1) is 22.7 Å². The zero-order valence-electron chi connectivity index (χ0n) is 14.1. The van der Waals surface area contributed by atoms with Crippen molar-refractivity contribution in [1.82, 2.24) is 9.88 Å². The van der Waals surface area contributed by atoms with Gasteiger partial charge in [0.1, 0.15) is 0 Å². The van der Waals surface area contributed by atoms with Gasteiger partial charge in [0, 0.05) is 43.5 Å². The number of sulfone groups is 1. The van der Waals surface area contributed by atoms with E-state index >= 15 is 0 Å². The maximum atomic E-state index is 13.0. The van der Waals surface area contributed by atoms with E-state index in [4.69, 9.17) is 4.42 Å². The third kappa shape index (κ3) is 2.40. The molecule has 1 fully saturated rings. The summed E-state index contributed by atoms with van der Waals surface area (Å²) < 4.78 is 31.2. The summed E-state index contributed by atoms with van der Waals surface area (Å²) in [7, 11) is -3.27. The molecule has 2 aliphatic heterocycles. The maximum absolute atomic E-state index is 13.0. The molecule has 0 saturated carbocycles. The smallest absolute Gasteiger partial charge is 0.183 e. The lowest BCUT2D eigenvalue weighted by Crippen LogP contribution is -2.25. The monoisotopic (exact) mass is 366 g/mol. The lowest BCUT2D eigenvalue weighted by atomic mass is 9.95. The van der Waals surface area contributed by atoms with Crippen LogP contribution in [0.3, 0.4) is 0 Å². The fraction of sp³-hybridized carbons (Fsp3) is 0.250. The Morgan fingerprint density at radius 1 is 1.15 bits per heavy atom. The lowest BCUT2D eigenvalue weighted by Gasteiger charge is -2.17. The standard InChI is InChI=1S/C20H18N2O3S/c23-26(24)19-4-3-15(16-5-7-25-13-16)8-17(19)18-11-22(12-20(18)26)10-14-2-1-6-21-9-14/h1-9,13,18,20H,10-12H2/t18-,20+/m0/s1. The second kappa shape index (κ2) is 5.79. The van der Waals surface area contributed by atoms with Crippen molar-refractivity contribution in [2.24, 2.45) is 0 Å². The Bertz CT molecular complexity index is 1050. The van der Waals surface area contributed by atoms with Crippen LogP contribution in [0, 0.1) is 0 Å². The predicted octanol–water partition coefficient (Wildman–Crippen LogP) is 3.10. The number of likely N-dealkylation sites (tertiary alicyclic amines) is 1. The number of fused-ring (bicyclic) bond motifs is 3. The molecular formula is C20H18N2O3S. The Kier molecular flexibility index (Phi) is 3.52. The zero-order valence-corrected chi connectivity index (χ0v) is 14.9. The fourth-order valence-corrected chi connectivity index (χ4v) is 6.41. The first-order chi connectivity index (χ1) is 12.6. The second-order valence-corrected chi connectivity index (χ2v) is 9.15. The molecule has 0 bridgehead atoms. The highest BCUT2D eigenvalue weighted by atomic mass is 32.2. The molecule has 2 aromatic heterocycles. The van der Waals surface area contributed by atoms with Crippen LogP contribution < -0.4 is 0 Å². The van der Waals surface area contributed by atoms with Gasteiger partial charge in [-0.2, -0.15) is 0 Å². The van der Waals surface area contributed by atoms with Crippen LogP contribution in [-0.4, -0.2) is 36.6 Å². The van der Waals surface area contributed by atoms with E-state index in [9.17, 15) is 8.42 Å². The first kappa shape index (κ1) is 15.8. The topological polar surface area (TPSA) is 63.4 Å². The Morgan fingerprint density at radius 3 is 2.85 bits per heavy atom. The van der Waals surface area contributed by atoms with Gasteiger partial charge >= 0.3 is 0 Å². The molecule has 132 valence electrons. The molecule has 3 aromatic rings. The van der Waals surface area contributed by atoms with E-state index < -0.39 is 9.84 Å². The number of furan rings is 1. The van der Waals surface area contributed by atoms with Crippen LogP contribution in [0.5, 0.6) is 0 Å². The third-order valence-electron chi connectivity index (χ3n) is 5.44. The lowest BCUT2D eigenvalue weighted by molar-refractivity contribution is 0.325. The van der Waals surface area contributed by atoms with Crippen LogP contribution in [0.1, 0.15) is 17.0 Å². The minimum atomic E-state index is -3.27. The van der Waals surface area contributed by atoms with Gasteiger partial charge in [-0.15, -0.1) is 0 Å². The van der Waals surface area contributed by atoms with E-state index in [1.165, 1.54) is 0 Å². The summed E-state index contributed by atoms with van der Waals surface area (Å²) in [5.41, 5.74) is 4.03. The molecule has 4 heterocycles. The minimum absolute atomic E-state index is 0.0264. The molecule has 0 radical (unpaired) electrons. The predicted molar refractivity (Wildman–Crippen MR) is 97.4 cm³/mol. The highest BCUT2D eigenvalue weighted by Crippen LogP contribution is 2.46. The van der Waals surface area contributed by atoms with Crippen molar-refractivity contribution in [1.29, 1.82) is 0 Å². The Morgan fingerprint density at radius 2 is 2.08 bits per heavy atom. The van der Waals surface area contributed by atoms with Crippen LogP contribution >= 0.6 is 0 Å². The summed E-state index contributed by atoms with van der Waals surface area (Å²) in [4.78, 5) is 6.87. The molecule has 26 heavy (non-hydrogen) atoms. The number of benzene rings is 1. The van der Waals surface area contributed by atoms with Gasteiger partial charge in [0.25, 0.3) is 0 Å². The molecule has 2 aliphatic rings. The molecule has 0 N–H and O–H groups in total. The number of nitrogens with zero attached hydrogens (tertiary/aromatic N) is 2. The van der Waals surface area contributed by atoms with Crippen LogP contribution in [0.2, 0.25) is 0 Å². The maximum Gasteiger partial charge on any atom is 0.183 e. The largest absolute Gasteiger partial charge is 0.472 e. The highest BCUT2D eigenvalue weighted by Gasteiger charge is 2.50. The van der Waals surface area contributed by atoms with Crippen LogP contribution in [-0.2, 0) is 16.4 Å². The average molecular weight is 366 g/mol. The van der Waals surface area contributed by atoms with E-state index in [1.807, 2.05) is 36.5 Å². The van der Waals surface area contributed by atoms with E-state index in [-0.39, 0.29) is 11.2 Å². The molecule has 5 rings (SSSR count). The zero-order chi connectivity index (χ0) is 17.7. The fourth-order valence-electron chi connectivity index (χ4n) is 4.21. The van der Waals surface area contributed by atoms with Gasteiger partial charge in [-0.1, -0.05) is 12.1 Å². The molecule has 0 aliphatic carbocycles. The third-order valence-corrected chi connectivity index (χ3v) is 7.70. The van der Waals surface area contributed by atoms with Gasteiger partial charge in [-0.3, -0.25) is 9.88 Å². The quantitative estimate of drug-likeness (QED) is 0.713. The van der Waals surface area contributed by atoms with Gasteiger partial charge in [0.2, 0.25) is 0 Å². The Labute approximate surface area is 152 Å². The first-order valence-corrected chi connectivity index (χ1v) is 10.2. The molecule has 1 aromatic carbocycles. The summed E-state index contributed by atoms with van der Waals surface area (Å²) in [5, 5.41) is -0.353. The van der Waals surface area contributed by atoms with Crippen molar-refractivity contribution in [2.45, 2.75) is 22.6 Å². The molecule has 1 saturated heterocycles. The van der Waals surface area contributed by atoms with Crippen molar-refractivity contribution in [2.75, 3.05) is 13.1 Å². The van der Waals surface area contributed by atoms with Gasteiger partial charge in [-0.05, 0) is 41.0 Å². The molecule has 0 unspecified atom stereocenters. The summed E-state index contributed by atoms with van der Waals surface area (Å²) in [5.74, 6) is 0.0264. The number of pyridine rings is 1. The average Bonchev–Trinajstić information content (AvgIpc) is 3.35. The number of hydrogen-bond donors (Lipinski definition) is 0. The summed E-state index contributed by atoms with van der Waals surface area (Å²) in [6.07, 6.45) is 6.91. The van der Waals surface area contributed by atoms with E-state index in [2.05, 4.69) is 9.88 Å². The summed E-state index contributed by atoms with van der Waals surface area (Å²) in [6, 6.07) is 11.5. The van der Waals surface area contributed by atoms with Crippen LogP contribution in [0.25, 0.3) is 11.1 Å². The number of hydrogen-bond acceptors (Lipinski definition) is 5. The normalized spacial score (nSPS) is 23.7. The highest BCUT2D eigenvalue weighted by molar-refractivity contribution is 7.92. The molecular weight excluding hydrogens is 348 g/mol. The van der Waals surface area contributed by atoms with E-state index in [0.29, 0.717) is 11.4 Å². The van der Waals surface area contributed by atoms with Crippen molar-refractivity contribution in [3.05, 3.63) is 72.4 Å². The van der Waals surface area contributed by atoms with Gasteiger partial charge in [-0.25, -0.2) is 8.42 Å². The number of rotatable bonds is 3. The van der Waals surface area contributed by atoms with E-state index in [1.54, 1.807) is 24.8 Å². The summed E-state index contributed by atoms with van der Waals surface area (Å²) >= 11 is 0. The van der Waals surface area contributed by atoms with Crippen molar-refractivity contribution in [3.63, 3.8) is 0 Å². The second-order valence-electron chi connectivity index (χ2n) is 7.01. The van der Waals surface area contributed by atoms with Gasteiger partial charge < -0.3 is 4.42 Å². The first-order valence-electron chi connectivity index (χ1n) is 8.64. The SMILES string of the molecule is O=S1(=O)c2ccc(-c3ccoc3)cc2[C@@H]2CN(Cc3cccnc3)C[C@H]21. The molecule has 6 heteroatoms. The van der Waals surface area contributed by atoms with Crippen molar-refractivity contribution < 1.29 is 12.8 Å². The minimum Gasteiger partial charge on any atom is -0.472 e.